The van der Waals surface area contributed by atoms with Gasteiger partial charge in [0.05, 0.1) is 29.2 Å². The van der Waals surface area contributed by atoms with Gasteiger partial charge in [0.15, 0.2) is 0 Å². The van der Waals surface area contributed by atoms with Gasteiger partial charge in [-0.2, -0.15) is 5.10 Å². The van der Waals surface area contributed by atoms with E-state index in [1.807, 2.05) is 35.9 Å². The Hall–Kier alpha value is -2.83. The maximum atomic E-state index is 12.7. The minimum atomic E-state index is -0.845. The second kappa shape index (κ2) is 7.82. The maximum absolute atomic E-state index is 12.7. The Kier molecular flexibility index (Phi) is 5.48. The van der Waals surface area contributed by atoms with E-state index in [0.717, 1.165) is 11.4 Å². The number of nitrogens with one attached hydrogen (secondary N) is 1. The Morgan fingerprint density at radius 1 is 1.26 bits per heavy atom. The molecule has 1 atom stereocenters. The molecule has 0 spiro atoms. The van der Waals surface area contributed by atoms with Crippen LogP contribution < -0.4 is 5.32 Å². The first-order valence-electron chi connectivity index (χ1n) is 9.30. The standard InChI is InChI=1S/C20H26N4O3/c1-13(2)18-17(11-21-24(18)16-8-6-14(3)7-9-16)22-20(27)23-10-4-5-15(12-23)19(25)26/h6-9,11,13,15H,4-5,10,12H2,1-3H3,(H,22,27)(H,25,26). The summed E-state index contributed by atoms with van der Waals surface area (Å²) in [6, 6.07) is 7.79. The predicted octanol–water partition coefficient (Wildman–Crippen LogP) is 3.63. The van der Waals surface area contributed by atoms with Crippen molar-refractivity contribution in [2.75, 3.05) is 18.4 Å². The molecule has 0 bridgehead atoms. The first kappa shape index (κ1) is 18.9. The fraction of sp³-hybridized carbons (Fsp3) is 0.450. The summed E-state index contributed by atoms with van der Waals surface area (Å²) in [6.07, 6.45) is 2.97. The van der Waals surface area contributed by atoms with Crippen molar-refractivity contribution in [1.82, 2.24) is 14.7 Å². The molecule has 7 heteroatoms. The van der Waals surface area contributed by atoms with E-state index in [-0.39, 0.29) is 18.5 Å². The molecule has 7 nitrogen and oxygen atoms in total. The fourth-order valence-electron chi connectivity index (χ4n) is 3.46. The summed E-state index contributed by atoms with van der Waals surface area (Å²) in [4.78, 5) is 25.5. The molecule has 27 heavy (non-hydrogen) atoms. The lowest BCUT2D eigenvalue weighted by Gasteiger charge is -2.30. The number of nitrogens with zero attached hydrogens (tertiary/aromatic N) is 3. The van der Waals surface area contributed by atoms with Gasteiger partial charge in [0, 0.05) is 13.1 Å². The van der Waals surface area contributed by atoms with Crippen LogP contribution in [0.15, 0.2) is 30.5 Å². The van der Waals surface area contributed by atoms with Gasteiger partial charge in [0.25, 0.3) is 0 Å². The average Bonchev–Trinajstić information content (AvgIpc) is 3.06. The highest BCUT2D eigenvalue weighted by molar-refractivity contribution is 5.90. The number of amides is 2. The minimum Gasteiger partial charge on any atom is -0.481 e. The summed E-state index contributed by atoms with van der Waals surface area (Å²) in [7, 11) is 0. The highest BCUT2D eigenvalue weighted by Gasteiger charge is 2.29. The van der Waals surface area contributed by atoms with Gasteiger partial charge in [-0.05, 0) is 37.8 Å². The number of urea groups is 1. The van der Waals surface area contributed by atoms with Gasteiger partial charge in [0.1, 0.15) is 0 Å². The molecule has 2 amide bonds. The van der Waals surface area contributed by atoms with Gasteiger partial charge in [-0.25, -0.2) is 9.48 Å². The summed E-state index contributed by atoms with van der Waals surface area (Å²) in [5, 5.41) is 16.6. The van der Waals surface area contributed by atoms with Crippen LogP contribution in [-0.4, -0.2) is 44.9 Å². The van der Waals surface area contributed by atoms with E-state index < -0.39 is 11.9 Å². The van der Waals surface area contributed by atoms with Crippen molar-refractivity contribution in [1.29, 1.82) is 0 Å². The van der Waals surface area contributed by atoms with Crippen molar-refractivity contribution in [3.05, 3.63) is 41.7 Å². The maximum Gasteiger partial charge on any atom is 0.321 e. The summed E-state index contributed by atoms with van der Waals surface area (Å²) >= 11 is 0. The number of aryl methyl sites for hydroxylation is 1. The second-order valence-corrected chi connectivity index (χ2v) is 7.40. The zero-order valence-electron chi connectivity index (χ0n) is 16.0. The number of aromatic nitrogens is 2. The molecule has 2 N–H and O–H groups in total. The molecule has 3 rings (SSSR count). The Morgan fingerprint density at radius 2 is 1.96 bits per heavy atom. The van der Waals surface area contributed by atoms with Gasteiger partial charge in [0.2, 0.25) is 0 Å². The topological polar surface area (TPSA) is 87.5 Å². The Bertz CT molecular complexity index is 826. The lowest BCUT2D eigenvalue weighted by atomic mass is 9.99. The number of piperidine rings is 1. The second-order valence-electron chi connectivity index (χ2n) is 7.40. The number of aliphatic carboxylic acids is 1. The zero-order chi connectivity index (χ0) is 19.6. The number of anilines is 1. The van der Waals surface area contributed by atoms with Crippen LogP contribution in [0.3, 0.4) is 0 Å². The lowest BCUT2D eigenvalue weighted by molar-refractivity contribution is -0.143. The van der Waals surface area contributed by atoms with Crippen molar-refractivity contribution >= 4 is 17.7 Å². The van der Waals surface area contributed by atoms with Gasteiger partial charge in [-0.15, -0.1) is 0 Å². The minimum absolute atomic E-state index is 0.150. The van der Waals surface area contributed by atoms with E-state index in [1.165, 1.54) is 5.56 Å². The number of carbonyl (C=O) groups excluding carboxylic acids is 1. The third-order valence-corrected chi connectivity index (χ3v) is 4.93. The molecular formula is C20H26N4O3. The van der Waals surface area contributed by atoms with E-state index in [2.05, 4.69) is 24.3 Å². The van der Waals surface area contributed by atoms with Crippen LogP contribution >= 0.6 is 0 Å². The third kappa shape index (κ3) is 4.13. The summed E-state index contributed by atoms with van der Waals surface area (Å²) in [6.45, 7) is 6.95. The van der Waals surface area contributed by atoms with Crippen molar-refractivity contribution < 1.29 is 14.7 Å². The van der Waals surface area contributed by atoms with E-state index in [1.54, 1.807) is 11.1 Å². The molecule has 1 aromatic heterocycles. The number of carboxylic acid groups (broad SMARTS) is 1. The van der Waals surface area contributed by atoms with Crippen LogP contribution in [0.1, 0.15) is 43.9 Å². The summed E-state index contributed by atoms with van der Waals surface area (Å²) < 4.78 is 1.84. The molecular weight excluding hydrogens is 344 g/mol. The molecule has 2 heterocycles. The van der Waals surface area contributed by atoms with Crippen molar-refractivity contribution in [2.24, 2.45) is 5.92 Å². The monoisotopic (exact) mass is 370 g/mol. The first-order valence-corrected chi connectivity index (χ1v) is 9.30. The van der Waals surface area contributed by atoms with Crippen molar-refractivity contribution in [2.45, 2.75) is 39.5 Å². The molecule has 1 saturated heterocycles. The number of carbonyl (C=O) groups is 2. The van der Waals surface area contributed by atoms with Gasteiger partial charge < -0.3 is 15.3 Å². The Morgan fingerprint density at radius 3 is 2.59 bits per heavy atom. The summed E-state index contributed by atoms with van der Waals surface area (Å²) in [5.74, 6) is -1.19. The third-order valence-electron chi connectivity index (χ3n) is 4.93. The SMILES string of the molecule is Cc1ccc(-n2ncc(NC(=O)N3CCCC(C(=O)O)C3)c2C(C)C)cc1. The molecule has 0 saturated carbocycles. The lowest BCUT2D eigenvalue weighted by Crippen LogP contribution is -2.44. The van der Waals surface area contributed by atoms with E-state index in [0.29, 0.717) is 25.1 Å². The van der Waals surface area contributed by atoms with Crippen LogP contribution in [-0.2, 0) is 4.79 Å². The van der Waals surface area contributed by atoms with Crippen molar-refractivity contribution in [3.8, 4) is 5.69 Å². The van der Waals surface area contributed by atoms with Crippen LogP contribution in [0.4, 0.5) is 10.5 Å². The highest BCUT2D eigenvalue weighted by Crippen LogP contribution is 2.28. The predicted molar refractivity (Wildman–Crippen MR) is 103 cm³/mol. The van der Waals surface area contributed by atoms with Gasteiger partial charge in [-0.3, -0.25) is 4.79 Å². The number of likely N-dealkylation sites (tertiary alicyclic amines) is 1. The summed E-state index contributed by atoms with van der Waals surface area (Å²) in [5.41, 5.74) is 3.68. The average molecular weight is 370 g/mol. The smallest absolute Gasteiger partial charge is 0.321 e. The van der Waals surface area contributed by atoms with Crippen LogP contribution in [0.2, 0.25) is 0 Å². The molecule has 1 aliphatic rings. The van der Waals surface area contributed by atoms with Gasteiger partial charge >= 0.3 is 12.0 Å². The first-order chi connectivity index (χ1) is 12.9. The number of rotatable bonds is 4. The molecule has 1 aromatic carbocycles. The molecule has 1 unspecified atom stereocenters. The zero-order valence-corrected chi connectivity index (χ0v) is 16.0. The number of hydrogen-bond donors (Lipinski definition) is 2. The van der Waals surface area contributed by atoms with Crippen molar-refractivity contribution in [3.63, 3.8) is 0 Å². The van der Waals surface area contributed by atoms with Crippen LogP contribution in [0, 0.1) is 12.8 Å². The van der Waals surface area contributed by atoms with Gasteiger partial charge in [-0.1, -0.05) is 31.5 Å². The molecule has 1 fully saturated rings. The Balaban J connectivity index is 1.81. The largest absolute Gasteiger partial charge is 0.481 e. The number of hydrogen-bond acceptors (Lipinski definition) is 3. The fourth-order valence-corrected chi connectivity index (χ4v) is 3.46. The van der Waals surface area contributed by atoms with Crippen LogP contribution in [0.5, 0.6) is 0 Å². The number of carboxylic acids is 1. The molecule has 2 aromatic rings. The van der Waals surface area contributed by atoms with E-state index in [4.69, 9.17) is 0 Å². The molecule has 144 valence electrons. The number of benzene rings is 1. The Labute approximate surface area is 159 Å². The van der Waals surface area contributed by atoms with Crippen LogP contribution in [0.25, 0.3) is 5.69 Å². The van der Waals surface area contributed by atoms with E-state index >= 15 is 0 Å². The highest BCUT2D eigenvalue weighted by atomic mass is 16.4. The molecule has 0 radical (unpaired) electrons. The van der Waals surface area contributed by atoms with E-state index in [9.17, 15) is 14.7 Å². The quantitative estimate of drug-likeness (QED) is 0.860. The molecule has 0 aliphatic carbocycles. The normalized spacial score (nSPS) is 17.2. The molecule has 1 aliphatic heterocycles.